The van der Waals surface area contributed by atoms with Gasteiger partial charge < -0.3 is 15.4 Å². The van der Waals surface area contributed by atoms with Crippen LogP contribution in [-0.4, -0.2) is 53.7 Å². The average Bonchev–Trinajstić information content (AvgIpc) is 2.48. The minimum absolute atomic E-state index is 0. The number of hydrogen-bond donors (Lipinski definition) is 1. The van der Waals surface area contributed by atoms with Crippen LogP contribution in [0.4, 0.5) is 0 Å². The van der Waals surface area contributed by atoms with Crippen LogP contribution in [0.5, 0.6) is 0 Å². The van der Waals surface area contributed by atoms with Crippen molar-refractivity contribution in [3.63, 3.8) is 0 Å². The average molecular weight is 337 g/mol. The fourth-order valence-electron chi connectivity index (χ4n) is 3.11. The van der Waals surface area contributed by atoms with Crippen LogP contribution in [0.25, 0.3) is 0 Å². The lowest BCUT2D eigenvalue weighted by atomic mass is 9.97. The molecule has 2 aliphatic heterocycles. The first kappa shape index (κ1) is 19.1. The Morgan fingerprint density at radius 2 is 2.10 bits per heavy atom. The maximum Gasteiger partial charge on any atom is 0.232 e. The van der Waals surface area contributed by atoms with E-state index in [1.165, 1.54) is 19.3 Å². The Kier molecular flexibility index (Phi) is 9.02. The van der Waals surface area contributed by atoms with Crippen LogP contribution in [0.2, 0.25) is 0 Å². The van der Waals surface area contributed by atoms with Gasteiger partial charge in [0, 0.05) is 31.0 Å². The molecule has 0 aromatic carbocycles. The molecular weight excluding hydrogens is 308 g/mol. The zero-order chi connectivity index (χ0) is 14.4. The minimum atomic E-state index is 0. The first-order valence-electron chi connectivity index (χ1n) is 7.93. The molecule has 124 valence electrons. The van der Waals surface area contributed by atoms with E-state index in [2.05, 4.69) is 0 Å². The maximum absolute atomic E-state index is 12.4. The SMILES string of the molecule is CC(N)C1CCCCN1C(=O)CSCC1CCCCO1.Cl. The van der Waals surface area contributed by atoms with Gasteiger partial charge >= 0.3 is 0 Å². The molecule has 0 saturated carbocycles. The number of nitrogens with zero attached hydrogens (tertiary/aromatic N) is 1. The fraction of sp³-hybridized carbons (Fsp3) is 0.933. The third kappa shape index (κ3) is 5.97. The number of ether oxygens (including phenoxy) is 1. The number of carbonyl (C=O) groups excluding carboxylic acids is 1. The van der Waals surface area contributed by atoms with Gasteiger partial charge in [-0.15, -0.1) is 24.2 Å². The van der Waals surface area contributed by atoms with Gasteiger partial charge in [0.05, 0.1) is 11.9 Å². The van der Waals surface area contributed by atoms with E-state index in [-0.39, 0.29) is 30.4 Å². The van der Waals surface area contributed by atoms with Crippen molar-refractivity contribution in [3.05, 3.63) is 0 Å². The number of carbonyl (C=O) groups is 1. The van der Waals surface area contributed by atoms with E-state index < -0.39 is 0 Å². The normalized spacial score (nSPS) is 27.8. The number of hydrogen-bond acceptors (Lipinski definition) is 4. The number of amides is 1. The van der Waals surface area contributed by atoms with Gasteiger partial charge in [-0.1, -0.05) is 0 Å². The molecule has 2 heterocycles. The molecule has 6 heteroatoms. The number of halogens is 1. The summed E-state index contributed by atoms with van der Waals surface area (Å²) in [4.78, 5) is 14.4. The Morgan fingerprint density at radius 1 is 1.33 bits per heavy atom. The fourth-order valence-corrected chi connectivity index (χ4v) is 4.10. The maximum atomic E-state index is 12.4. The Morgan fingerprint density at radius 3 is 2.76 bits per heavy atom. The molecule has 2 fully saturated rings. The van der Waals surface area contributed by atoms with Crippen molar-refractivity contribution < 1.29 is 9.53 Å². The Bertz CT molecular complexity index is 312. The van der Waals surface area contributed by atoms with Gasteiger partial charge in [-0.05, 0) is 45.4 Å². The molecule has 0 aromatic heterocycles. The molecular formula is C15H29ClN2O2S. The van der Waals surface area contributed by atoms with Crippen LogP contribution >= 0.6 is 24.2 Å². The summed E-state index contributed by atoms with van der Waals surface area (Å²) in [5, 5.41) is 0. The topological polar surface area (TPSA) is 55.6 Å². The molecule has 21 heavy (non-hydrogen) atoms. The zero-order valence-electron chi connectivity index (χ0n) is 13.0. The number of nitrogens with two attached hydrogens (primary N) is 1. The van der Waals surface area contributed by atoms with Gasteiger partial charge in [-0.3, -0.25) is 4.79 Å². The lowest BCUT2D eigenvalue weighted by Gasteiger charge is -2.38. The van der Waals surface area contributed by atoms with Crippen LogP contribution in [0, 0.1) is 0 Å². The molecule has 3 unspecified atom stereocenters. The van der Waals surface area contributed by atoms with E-state index in [9.17, 15) is 4.79 Å². The van der Waals surface area contributed by atoms with Gasteiger partial charge in [-0.2, -0.15) is 0 Å². The first-order chi connectivity index (χ1) is 9.68. The lowest BCUT2D eigenvalue weighted by molar-refractivity contribution is -0.132. The Hall–Kier alpha value is 0.0300. The van der Waals surface area contributed by atoms with Gasteiger partial charge in [0.15, 0.2) is 0 Å². The number of rotatable bonds is 5. The van der Waals surface area contributed by atoms with Gasteiger partial charge in [0.1, 0.15) is 0 Å². The monoisotopic (exact) mass is 336 g/mol. The number of piperidine rings is 1. The molecule has 2 N–H and O–H groups in total. The second kappa shape index (κ2) is 9.93. The summed E-state index contributed by atoms with van der Waals surface area (Å²) in [6, 6.07) is 0.314. The molecule has 0 aromatic rings. The molecule has 2 saturated heterocycles. The summed E-state index contributed by atoms with van der Waals surface area (Å²) in [6.45, 7) is 3.78. The number of thioether (sulfide) groups is 1. The van der Waals surface area contributed by atoms with Crippen LogP contribution in [0.3, 0.4) is 0 Å². The van der Waals surface area contributed by atoms with Crippen molar-refractivity contribution in [2.45, 2.75) is 63.6 Å². The largest absolute Gasteiger partial charge is 0.377 e. The minimum Gasteiger partial charge on any atom is -0.377 e. The molecule has 0 aliphatic carbocycles. The smallest absolute Gasteiger partial charge is 0.232 e. The molecule has 2 rings (SSSR count). The third-order valence-corrected chi connectivity index (χ3v) is 5.34. The molecule has 0 radical (unpaired) electrons. The van der Waals surface area contributed by atoms with Gasteiger partial charge in [0.2, 0.25) is 5.91 Å². The molecule has 0 spiro atoms. The van der Waals surface area contributed by atoms with Gasteiger partial charge in [0.25, 0.3) is 0 Å². The van der Waals surface area contributed by atoms with E-state index in [0.29, 0.717) is 11.9 Å². The van der Waals surface area contributed by atoms with E-state index in [1.54, 1.807) is 11.8 Å². The van der Waals surface area contributed by atoms with Crippen molar-refractivity contribution in [2.24, 2.45) is 5.73 Å². The summed E-state index contributed by atoms with van der Waals surface area (Å²) in [5.74, 6) is 1.78. The third-order valence-electron chi connectivity index (χ3n) is 4.28. The second-order valence-corrected chi connectivity index (χ2v) is 7.04. The lowest BCUT2D eigenvalue weighted by Crippen LogP contribution is -2.52. The summed E-state index contributed by atoms with van der Waals surface area (Å²) in [7, 11) is 0. The molecule has 3 atom stereocenters. The molecule has 0 bridgehead atoms. The highest BCUT2D eigenvalue weighted by atomic mass is 35.5. The summed E-state index contributed by atoms with van der Waals surface area (Å²) in [5.41, 5.74) is 6.02. The van der Waals surface area contributed by atoms with E-state index in [4.69, 9.17) is 10.5 Å². The highest BCUT2D eigenvalue weighted by Gasteiger charge is 2.29. The number of likely N-dealkylation sites (tertiary alicyclic amines) is 1. The van der Waals surface area contributed by atoms with E-state index >= 15 is 0 Å². The van der Waals surface area contributed by atoms with Crippen LogP contribution in [0.15, 0.2) is 0 Å². The highest BCUT2D eigenvalue weighted by Crippen LogP contribution is 2.21. The van der Waals surface area contributed by atoms with E-state index in [0.717, 1.165) is 38.2 Å². The highest BCUT2D eigenvalue weighted by molar-refractivity contribution is 7.99. The van der Waals surface area contributed by atoms with Crippen molar-refractivity contribution >= 4 is 30.1 Å². The van der Waals surface area contributed by atoms with Gasteiger partial charge in [-0.25, -0.2) is 0 Å². The summed E-state index contributed by atoms with van der Waals surface area (Å²) < 4.78 is 5.70. The Balaban J connectivity index is 0.00000220. The van der Waals surface area contributed by atoms with Crippen molar-refractivity contribution in [3.8, 4) is 0 Å². The van der Waals surface area contributed by atoms with E-state index in [1.807, 2.05) is 11.8 Å². The van der Waals surface area contributed by atoms with Crippen LogP contribution < -0.4 is 5.73 Å². The second-order valence-electron chi connectivity index (χ2n) is 6.01. The predicted octanol–water partition coefficient (Wildman–Crippen LogP) is 2.44. The van der Waals surface area contributed by atoms with Crippen molar-refractivity contribution in [1.82, 2.24) is 4.90 Å². The van der Waals surface area contributed by atoms with Crippen molar-refractivity contribution in [1.29, 1.82) is 0 Å². The van der Waals surface area contributed by atoms with Crippen LogP contribution in [0.1, 0.15) is 45.4 Å². The quantitative estimate of drug-likeness (QED) is 0.837. The zero-order valence-corrected chi connectivity index (χ0v) is 14.6. The predicted molar refractivity (Wildman–Crippen MR) is 91.2 cm³/mol. The first-order valence-corrected chi connectivity index (χ1v) is 9.08. The molecule has 2 aliphatic rings. The summed E-state index contributed by atoms with van der Waals surface area (Å²) >= 11 is 1.72. The molecule has 1 amide bonds. The summed E-state index contributed by atoms with van der Waals surface area (Å²) in [6.07, 6.45) is 7.31. The Labute approximate surface area is 138 Å². The standard InChI is InChI=1S/C15H28N2O2S.ClH/c1-12(16)14-7-2-4-8-17(14)15(18)11-20-10-13-6-3-5-9-19-13;/h12-14H,2-11,16H2,1H3;1H. The van der Waals surface area contributed by atoms with Crippen LogP contribution in [-0.2, 0) is 9.53 Å². The van der Waals surface area contributed by atoms with Crippen molar-refractivity contribution in [2.75, 3.05) is 24.7 Å². The molecule has 4 nitrogen and oxygen atoms in total.